The van der Waals surface area contributed by atoms with Crippen molar-refractivity contribution in [2.24, 2.45) is 0 Å². The van der Waals surface area contributed by atoms with E-state index in [4.69, 9.17) is 23.8 Å². The Morgan fingerprint density at radius 2 is 1.76 bits per heavy atom. The predicted molar refractivity (Wildman–Crippen MR) is 90.7 cm³/mol. The van der Waals surface area contributed by atoms with E-state index in [-0.39, 0.29) is 0 Å². The van der Waals surface area contributed by atoms with E-state index in [0.29, 0.717) is 16.1 Å². The zero-order chi connectivity index (χ0) is 15.4. The lowest BCUT2D eigenvalue weighted by Crippen LogP contribution is -2.34. The molecule has 2 rings (SSSR count). The van der Waals surface area contributed by atoms with Gasteiger partial charge in [0.15, 0.2) is 5.11 Å². The van der Waals surface area contributed by atoms with Gasteiger partial charge in [-0.2, -0.15) is 0 Å². The molecule has 0 saturated carbocycles. The first-order valence-electron chi connectivity index (χ1n) is 6.35. The van der Waals surface area contributed by atoms with Gasteiger partial charge in [0.2, 0.25) is 5.95 Å². The van der Waals surface area contributed by atoms with Crippen LogP contribution >= 0.6 is 23.8 Å². The molecule has 0 radical (unpaired) electrons. The van der Waals surface area contributed by atoms with Crippen molar-refractivity contribution >= 4 is 40.6 Å². The second-order valence-electron chi connectivity index (χ2n) is 4.64. The van der Waals surface area contributed by atoms with Gasteiger partial charge in [-0.15, -0.1) is 0 Å². The van der Waals surface area contributed by atoms with E-state index in [1.54, 1.807) is 0 Å². The largest absolute Gasteiger partial charge is 0.331 e. The average molecular weight is 322 g/mol. The molecule has 0 bridgehead atoms. The molecule has 0 amide bonds. The number of nitrogens with zero attached hydrogens (tertiary/aromatic N) is 2. The number of anilines is 2. The van der Waals surface area contributed by atoms with Crippen molar-refractivity contribution in [1.29, 1.82) is 0 Å². The number of rotatable bonds is 3. The van der Waals surface area contributed by atoms with Gasteiger partial charge < -0.3 is 5.32 Å². The highest BCUT2D eigenvalue weighted by Crippen LogP contribution is 2.19. The molecule has 110 valence electrons. The minimum Gasteiger partial charge on any atom is -0.331 e. The van der Waals surface area contributed by atoms with Crippen LogP contribution in [0, 0.1) is 20.8 Å². The van der Waals surface area contributed by atoms with Gasteiger partial charge in [0.05, 0.1) is 0 Å². The lowest BCUT2D eigenvalue weighted by molar-refractivity contribution is 0.991. The maximum absolute atomic E-state index is 6.07. The van der Waals surface area contributed by atoms with Gasteiger partial charge in [-0.3, -0.25) is 10.9 Å². The second kappa shape index (κ2) is 6.69. The SMILES string of the molecule is Cc1cc(C)nc(NNC(=S)Nc2ccc(C)c(Cl)c2)n1. The molecular formula is C14H16ClN5S. The van der Waals surface area contributed by atoms with E-state index in [2.05, 4.69) is 26.1 Å². The third-order valence-electron chi connectivity index (χ3n) is 2.70. The van der Waals surface area contributed by atoms with Crippen LogP contribution in [0.15, 0.2) is 24.3 Å². The smallest absolute Gasteiger partial charge is 0.242 e. The van der Waals surface area contributed by atoms with Gasteiger partial charge in [0.25, 0.3) is 0 Å². The molecule has 0 saturated heterocycles. The summed E-state index contributed by atoms with van der Waals surface area (Å²) in [5.41, 5.74) is 9.30. The molecule has 1 aromatic heterocycles. The number of hydrazine groups is 1. The summed E-state index contributed by atoms with van der Waals surface area (Å²) in [5.74, 6) is 0.471. The third kappa shape index (κ3) is 4.54. The van der Waals surface area contributed by atoms with Crippen molar-refractivity contribution in [1.82, 2.24) is 15.4 Å². The monoisotopic (exact) mass is 321 g/mol. The normalized spacial score (nSPS) is 10.1. The molecule has 0 aliphatic rings. The van der Waals surface area contributed by atoms with Gasteiger partial charge in [-0.1, -0.05) is 17.7 Å². The maximum Gasteiger partial charge on any atom is 0.242 e. The molecule has 0 spiro atoms. The standard InChI is InChI=1S/C14H16ClN5S/c1-8-4-5-11(7-12(8)15)18-14(21)20-19-13-16-9(2)6-10(3)17-13/h4-7H,1-3H3,(H,16,17,19)(H2,18,20,21). The summed E-state index contributed by atoms with van der Waals surface area (Å²) in [6.45, 7) is 5.76. The Labute approximate surface area is 134 Å². The Balaban J connectivity index is 1.94. The minimum absolute atomic E-state index is 0.401. The summed E-state index contributed by atoms with van der Waals surface area (Å²) in [7, 11) is 0. The van der Waals surface area contributed by atoms with Gasteiger partial charge in [-0.05, 0) is 56.8 Å². The van der Waals surface area contributed by atoms with E-state index >= 15 is 0 Å². The Bertz CT molecular complexity index is 654. The lowest BCUT2D eigenvalue weighted by Gasteiger charge is -2.12. The number of hydrogen-bond acceptors (Lipinski definition) is 4. The van der Waals surface area contributed by atoms with Gasteiger partial charge in [-0.25, -0.2) is 9.97 Å². The van der Waals surface area contributed by atoms with E-state index < -0.39 is 0 Å². The van der Waals surface area contributed by atoms with Crippen LogP contribution in [0.25, 0.3) is 0 Å². The first-order valence-corrected chi connectivity index (χ1v) is 7.14. The highest BCUT2D eigenvalue weighted by Gasteiger charge is 2.02. The Morgan fingerprint density at radius 1 is 1.10 bits per heavy atom. The molecule has 7 heteroatoms. The zero-order valence-electron chi connectivity index (χ0n) is 12.0. The fraction of sp³-hybridized carbons (Fsp3) is 0.214. The number of thiocarbonyl (C=S) groups is 1. The molecule has 0 fully saturated rings. The van der Waals surface area contributed by atoms with Crippen LogP contribution in [0.3, 0.4) is 0 Å². The van der Waals surface area contributed by atoms with Crippen LogP contribution in [-0.2, 0) is 0 Å². The first kappa shape index (κ1) is 15.5. The number of aryl methyl sites for hydroxylation is 3. The van der Waals surface area contributed by atoms with Crippen LogP contribution in [0.5, 0.6) is 0 Å². The zero-order valence-corrected chi connectivity index (χ0v) is 13.6. The van der Waals surface area contributed by atoms with Gasteiger partial charge >= 0.3 is 0 Å². The molecule has 2 aromatic rings. The van der Waals surface area contributed by atoms with E-state index in [1.165, 1.54) is 0 Å². The van der Waals surface area contributed by atoms with Gasteiger partial charge in [0, 0.05) is 22.1 Å². The van der Waals surface area contributed by atoms with Crippen LogP contribution in [0.4, 0.5) is 11.6 Å². The third-order valence-corrected chi connectivity index (χ3v) is 3.31. The first-order chi connectivity index (χ1) is 9.94. The number of halogens is 1. The molecule has 0 atom stereocenters. The topological polar surface area (TPSA) is 61.9 Å². The van der Waals surface area contributed by atoms with E-state index in [0.717, 1.165) is 22.6 Å². The molecule has 1 aromatic carbocycles. The molecule has 5 nitrogen and oxygen atoms in total. The van der Waals surface area contributed by atoms with Crippen molar-refractivity contribution in [3.63, 3.8) is 0 Å². The molecule has 0 aliphatic heterocycles. The molecule has 21 heavy (non-hydrogen) atoms. The quantitative estimate of drug-likeness (QED) is 0.595. The fourth-order valence-electron chi connectivity index (χ4n) is 1.73. The summed E-state index contributed by atoms with van der Waals surface area (Å²) in [6, 6.07) is 7.55. The average Bonchev–Trinajstić information content (AvgIpc) is 2.40. The highest BCUT2D eigenvalue weighted by molar-refractivity contribution is 7.80. The lowest BCUT2D eigenvalue weighted by atomic mass is 10.2. The Hall–Kier alpha value is -1.92. The van der Waals surface area contributed by atoms with Crippen LogP contribution in [0.1, 0.15) is 17.0 Å². The number of hydrogen-bond donors (Lipinski definition) is 3. The number of aromatic nitrogens is 2. The maximum atomic E-state index is 6.07. The van der Waals surface area contributed by atoms with Crippen molar-refractivity contribution in [3.05, 3.63) is 46.2 Å². The minimum atomic E-state index is 0.401. The molecule has 1 heterocycles. The second-order valence-corrected chi connectivity index (χ2v) is 5.46. The van der Waals surface area contributed by atoms with Crippen molar-refractivity contribution < 1.29 is 0 Å². The molecule has 3 N–H and O–H groups in total. The highest BCUT2D eigenvalue weighted by atomic mass is 35.5. The van der Waals surface area contributed by atoms with E-state index in [9.17, 15) is 0 Å². The van der Waals surface area contributed by atoms with Crippen molar-refractivity contribution in [2.75, 3.05) is 10.7 Å². The summed E-state index contributed by atoms with van der Waals surface area (Å²) < 4.78 is 0. The van der Waals surface area contributed by atoms with Crippen LogP contribution < -0.4 is 16.2 Å². The summed E-state index contributed by atoms with van der Waals surface area (Å²) in [4.78, 5) is 8.49. The Kier molecular flexibility index (Phi) is 4.93. The summed E-state index contributed by atoms with van der Waals surface area (Å²) >= 11 is 11.3. The van der Waals surface area contributed by atoms with E-state index in [1.807, 2.05) is 45.0 Å². The number of nitrogens with one attached hydrogen (secondary N) is 3. The van der Waals surface area contributed by atoms with Crippen LogP contribution in [-0.4, -0.2) is 15.1 Å². The van der Waals surface area contributed by atoms with Gasteiger partial charge in [0.1, 0.15) is 0 Å². The Morgan fingerprint density at radius 3 is 2.38 bits per heavy atom. The number of benzene rings is 1. The molecule has 0 unspecified atom stereocenters. The van der Waals surface area contributed by atoms with Crippen molar-refractivity contribution in [3.8, 4) is 0 Å². The predicted octanol–water partition coefficient (Wildman–Crippen LogP) is 3.37. The van der Waals surface area contributed by atoms with Crippen molar-refractivity contribution in [2.45, 2.75) is 20.8 Å². The van der Waals surface area contributed by atoms with Crippen LogP contribution in [0.2, 0.25) is 5.02 Å². The molecule has 0 aliphatic carbocycles. The summed E-state index contributed by atoms with van der Waals surface area (Å²) in [6.07, 6.45) is 0. The fourth-order valence-corrected chi connectivity index (χ4v) is 2.08. The molecular weight excluding hydrogens is 306 g/mol. The summed E-state index contributed by atoms with van der Waals surface area (Å²) in [5, 5.41) is 4.12.